The van der Waals surface area contributed by atoms with Crippen molar-refractivity contribution < 1.29 is 13.2 Å². The Morgan fingerprint density at radius 1 is 1.53 bits per heavy atom. The number of hydrogen-bond donors (Lipinski definition) is 0. The zero-order chi connectivity index (χ0) is 11.6. The minimum atomic E-state index is -4.41. The molecule has 0 amide bonds. The van der Waals surface area contributed by atoms with E-state index in [4.69, 9.17) is 0 Å². The molecule has 0 saturated heterocycles. The van der Waals surface area contributed by atoms with Gasteiger partial charge < -0.3 is 4.57 Å². The molecule has 15 heavy (non-hydrogen) atoms. The minimum absolute atomic E-state index is 0.338. The maximum absolute atomic E-state index is 12.5. The van der Waals surface area contributed by atoms with E-state index in [1.54, 1.807) is 0 Å². The first-order valence-corrected chi connectivity index (χ1v) is 5.32. The number of aromatic nitrogens is 2. The molecule has 6 heteroatoms. The summed E-state index contributed by atoms with van der Waals surface area (Å²) in [7, 11) is 1.36. The Balaban J connectivity index is 3.26. The van der Waals surface area contributed by atoms with Crippen LogP contribution in [0.5, 0.6) is 0 Å². The van der Waals surface area contributed by atoms with Gasteiger partial charge in [-0.2, -0.15) is 13.2 Å². The fourth-order valence-corrected chi connectivity index (χ4v) is 2.01. The molecule has 84 valence electrons. The quantitative estimate of drug-likeness (QED) is 0.615. The third kappa shape index (κ3) is 2.42. The molecule has 2 nitrogen and oxygen atoms in total. The summed E-state index contributed by atoms with van der Waals surface area (Å²) < 4.78 is 38.5. The van der Waals surface area contributed by atoms with Crippen LogP contribution in [0.2, 0.25) is 0 Å². The lowest BCUT2D eigenvalue weighted by Gasteiger charge is -2.06. The van der Waals surface area contributed by atoms with Crippen molar-refractivity contribution in [1.29, 1.82) is 0 Å². The highest BCUT2D eigenvalue weighted by molar-refractivity contribution is 9.08. The molecule has 1 aromatic heterocycles. The lowest BCUT2D eigenvalue weighted by atomic mass is 10.2. The Labute approximate surface area is 93.9 Å². The average molecular weight is 283 g/mol. The predicted molar refractivity (Wildman–Crippen MR) is 54.7 cm³/mol. The van der Waals surface area contributed by atoms with Crippen LogP contribution >= 0.6 is 15.9 Å². The Morgan fingerprint density at radius 2 is 2.13 bits per heavy atom. The number of hydrogen-bond acceptors (Lipinski definition) is 1. The first-order valence-electron chi connectivity index (χ1n) is 4.20. The van der Waals surface area contributed by atoms with E-state index in [2.05, 4.69) is 27.5 Å². The van der Waals surface area contributed by atoms with Crippen LogP contribution in [-0.4, -0.2) is 9.55 Å². The van der Waals surface area contributed by atoms with Gasteiger partial charge in [-0.1, -0.05) is 22.0 Å². The van der Waals surface area contributed by atoms with E-state index in [0.29, 0.717) is 23.1 Å². The van der Waals surface area contributed by atoms with Gasteiger partial charge >= 0.3 is 6.18 Å². The Bertz CT molecular complexity index is 368. The van der Waals surface area contributed by atoms with Gasteiger partial charge in [-0.15, -0.1) is 6.58 Å². The number of allylic oxidation sites excluding steroid dienone is 1. The van der Waals surface area contributed by atoms with Crippen molar-refractivity contribution >= 4 is 15.9 Å². The first kappa shape index (κ1) is 12.3. The third-order valence-corrected chi connectivity index (χ3v) is 2.55. The number of imidazole rings is 1. The highest BCUT2D eigenvalue weighted by atomic mass is 79.9. The second-order valence-electron chi connectivity index (χ2n) is 3.01. The molecule has 0 fully saturated rings. The highest BCUT2D eigenvalue weighted by Crippen LogP contribution is 2.30. The van der Waals surface area contributed by atoms with E-state index >= 15 is 0 Å². The van der Waals surface area contributed by atoms with Crippen LogP contribution in [0, 0.1) is 0 Å². The Morgan fingerprint density at radius 3 is 2.53 bits per heavy atom. The molecule has 0 N–H and O–H groups in total. The maximum atomic E-state index is 12.5. The molecule has 0 aromatic carbocycles. The largest absolute Gasteiger partial charge is 0.449 e. The van der Waals surface area contributed by atoms with Gasteiger partial charge in [0.2, 0.25) is 5.82 Å². The number of halogens is 4. The minimum Gasteiger partial charge on any atom is -0.326 e. The molecule has 0 unspecified atom stereocenters. The molecule has 0 atom stereocenters. The van der Waals surface area contributed by atoms with Crippen molar-refractivity contribution in [2.45, 2.75) is 17.9 Å². The summed E-state index contributed by atoms with van der Waals surface area (Å²) in [6.45, 7) is 3.49. The summed E-state index contributed by atoms with van der Waals surface area (Å²) in [4.78, 5) is 3.58. The van der Waals surface area contributed by atoms with Gasteiger partial charge in [-0.05, 0) is 0 Å². The second kappa shape index (κ2) is 4.38. The Hall–Kier alpha value is -0.780. The highest BCUT2D eigenvalue weighted by Gasteiger charge is 2.37. The summed E-state index contributed by atoms with van der Waals surface area (Å²) in [6.07, 6.45) is -2.54. The maximum Gasteiger partial charge on any atom is 0.449 e. The summed E-state index contributed by atoms with van der Waals surface area (Å²) in [5, 5.41) is 0.343. The zero-order valence-electron chi connectivity index (χ0n) is 8.10. The smallest absolute Gasteiger partial charge is 0.326 e. The number of rotatable bonds is 3. The summed E-state index contributed by atoms with van der Waals surface area (Å²) >= 11 is 3.15. The van der Waals surface area contributed by atoms with Gasteiger partial charge in [0.1, 0.15) is 0 Å². The van der Waals surface area contributed by atoms with Crippen molar-refractivity contribution in [2.75, 3.05) is 0 Å². The van der Waals surface area contributed by atoms with E-state index in [1.165, 1.54) is 13.1 Å². The molecular formula is C9H10BrF3N2. The van der Waals surface area contributed by atoms with Crippen LogP contribution in [0.15, 0.2) is 12.7 Å². The molecular weight excluding hydrogens is 273 g/mol. The second-order valence-corrected chi connectivity index (χ2v) is 3.57. The lowest BCUT2D eigenvalue weighted by Crippen LogP contribution is -2.13. The van der Waals surface area contributed by atoms with Gasteiger partial charge in [0.05, 0.1) is 11.4 Å². The number of alkyl halides is 4. The van der Waals surface area contributed by atoms with Crippen LogP contribution in [0.1, 0.15) is 17.2 Å². The molecule has 0 bridgehead atoms. The standard InChI is InChI=1S/C9H10BrF3N2/c1-3-4-6-7(5-10)15(2)8(14-6)9(11,12)13/h3H,1,4-5H2,2H3. The van der Waals surface area contributed by atoms with Crippen LogP contribution in [-0.2, 0) is 25.0 Å². The molecule has 1 heterocycles. The van der Waals surface area contributed by atoms with Crippen molar-refractivity contribution in [1.82, 2.24) is 9.55 Å². The van der Waals surface area contributed by atoms with Crippen molar-refractivity contribution in [2.24, 2.45) is 7.05 Å². The van der Waals surface area contributed by atoms with E-state index in [0.717, 1.165) is 4.57 Å². The molecule has 0 radical (unpaired) electrons. The van der Waals surface area contributed by atoms with Crippen molar-refractivity contribution in [3.8, 4) is 0 Å². The van der Waals surface area contributed by atoms with Gasteiger partial charge in [0.15, 0.2) is 0 Å². The number of nitrogens with zero attached hydrogens (tertiary/aromatic N) is 2. The normalized spacial score (nSPS) is 11.8. The first-order chi connectivity index (χ1) is 6.91. The fourth-order valence-electron chi connectivity index (χ4n) is 1.31. The van der Waals surface area contributed by atoms with Gasteiger partial charge in [0.25, 0.3) is 0 Å². The molecule has 0 aliphatic carbocycles. The fraction of sp³-hybridized carbons (Fsp3) is 0.444. The Kier molecular flexibility index (Phi) is 3.59. The molecule has 1 aromatic rings. The topological polar surface area (TPSA) is 17.8 Å². The summed E-state index contributed by atoms with van der Waals surface area (Å²) in [5.41, 5.74) is 0.943. The molecule has 0 aliphatic heterocycles. The van der Waals surface area contributed by atoms with Crippen LogP contribution < -0.4 is 0 Å². The van der Waals surface area contributed by atoms with Gasteiger partial charge in [-0.3, -0.25) is 0 Å². The lowest BCUT2D eigenvalue weighted by molar-refractivity contribution is -0.146. The third-order valence-electron chi connectivity index (χ3n) is 2.01. The van der Waals surface area contributed by atoms with Gasteiger partial charge in [-0.25, -0.2) is 4.98 Å². The molecule has 0 spiro atoms. The summed E-state index contributed by atoms with van der Waals surface area (Å²) in [6, 6.07) is 0. The zero-order valence-corrected chi connectivity index (χ0v) is 9.69. The van der Waals surface area contributed by atoms with Crippen molar-refractivity contribution in [3.63, 3.8) is 0 Å². The van der Waals surface area contributed by atoms with Crippen LogP contribution in [0.3, 0.4) is 0 Å². The van der Waals surface area contributed by atoms with Crippen LogP contribution in [0.4, 0.5) is 13.2 Å². The molecule has 0 aliphatic rings. The van der Waals surface area contributed by atoms with Crippen LogP contribution in [0.25, 0.3) is 0 Å². The SMILES string of the molecule is C=CCc1nc(C(F)(F)F)n(C)c1CBr. The molecule has 1 rings (SSSR count). The molecule has 0 saturated carbocycles. The monoisotopic (exact) mass is 282 g/mol. The van der Waals surface area contributed by atoms with E-state index in [1.807, 2.05) is 0 Å². The predicted octanol–water partition coefficient (Wildman–Crippen LogP) is 3.06. The van der Waals surface area contributed by atoms with E-state index < -0.39 is 12.0 Å². The van der Waals surface area contributed by atoms with E-state index in [-0.39, 0.29) is 0 Å². The summed E-state index contributed by atoms with van der Waals surface area (Å²) in [5.74, 6) is -0.867. The van der Waals surface area contributed by atoms with Crippen molar-refractivity contribution in [3.05, 3.63) is 29.9 Å². The van der Waals surface area contributed by atoms with E-state index in [9.17, 15) is 13.2 Å². The average Bonchev–Trinajstić information content (AvgIpc) is 2.42. The van der Waals surface area contributed by atoms with Gasteiger partial charge in [0, 0.05) is 18.8 Å².